The van der Waals surface area contributed by atoms with Gasteiger partial charge in [-0.25, -0.2) is 4.98 Å². The van der Waals surface area contributed by atoms with E-state index in [1.54, 1.807) is 22.7 Å². The Hall–Kier alpha value is -0.420. The van der Waals surface area contributed by atoms with E-state index in [0.717, 1.165) is 26.3 Å². The van der Waals surface area contributed by atoms with Gasteiger partial charge < -0.3 is 5.73 Å². The highest BCUT2D eigenvalue weighted by Gasteiger charge is 2.11. The van der Waals surface area contributed by atoms with Crippen LogP contribution in [0.1, 0.15) is 24.4 Å². The Labute approximate surface area is 102 Å². The number of hydrogen-bond donors (Lipinski definition) is 1. The molecule has 15 heavy (non-hydrogen) atoms. The molecule has 0 radical (unpaired) electrons. The van der Waals surface area contributed by atoms with Gasteiger partial charge in [0.1, 0.15) is 5.01 Å². The average Bonchev–Trinajstić information content (AvgIpc) is 2.84. The van der Waals surface area contributed by atoms with E-state index in [1.807, 2.05) is 17.5 Å². The fourth-order valence-corrected chi connectivity index (χ4v) is 3.18. The van der Waals surface area contributed by atoms with Crippen LogP contribution in [0.2, 0.25) is 4.34 Å². The number of thiazole rings is 1. The van der Waals surface area contributed by atoms with E-state index < -0.39 is 0 Å². The van der Waals surface area contributed by atoms with Crippen LogP contribution in [-0.2, 0) is 0 Å². The summed E-state index contributed by atoms with van der Waals surface area (Å²) in [5.41, 5.74) is 6.90. The van der Waals surface area contributed by atoms with E-state index >= 15 is 0 Å². The van der Waals surface area contributed by atoms with Gasteiger partial charge in [-0.3, -0.25) is 0 Å². The lowest BCUT2D eigenvalue weighted by molar-refractivity contribution is 0.693. The highest BCUT2D eigenvalue weighted by atomic mass is 35.5. The summed E-state index contributed by atoms with van der Waals surface area (Å²) in [4.78, 5) is 5.61. The summed E-state index contributed by atoms with van der Waals surface area (Å²) in [6, 6.07) is 3.93. The second kappa shape index (κ2) is 4.61. The molecule has 2 nitrogen and oxygen atoms in total. The Kier molecular flexibility index (Phi) is 3.41. The van der Waals surface area contributed by atoms with Crippen LogP contribution >= 0.6 is 34.3 Å². The van der Waals surface area contributed by atoms with Gasteiger partial charge in [-0.15, -0.1) is 22.7 Å². The number of thiophene rings is 1. The molecule has 0 spiro atoms. The SMILES string of the molecule is CCC(N)c1nc(-c2ccc(Cl)s2)cs1. The van der Waals surface area contributed by atoms with E-state index in [9.17, 15) is 0 Å². The molecule has 0 amide bonds. The minimum atomic E-state index is 0.0548. The lowest BCUT2D eigenvalue weighted by Gasteiger charge is -2.01. The average molecular weight is 259 g/mol. The van der Waals surface area contributed by atoms with Crippen LogP contribution < -0.4 is 5.73 Å². The van der Waals surface area contributed by atoms with Gasteiger partial charge in [0.05, 0.1) is 20.9 Å². The van der Waals surface area contributed by atoms with Gasteiger partial charge in [-0.2, -0.15) is 0 Å². The lowest BCUT2D eigenvalue weighted by atomic mass is 10.2. The summed E-state index contributed by atoms with van der Waals surface area (Å²) < 4.78 is 0.791. The van der Waals surface area contributed by atoms with Gasteiger partial charge in [-0.1, -0.05) is 18.5 Å². The number of nitrogens with zero attached hydrogens (tertiary/aromatic N) is 1. The number of aromatic nitrogens is 1. The van der Waals surface area contributed by atoms with Crippen molar-refractivity contribution in [2.24, 2.45) is 5.73 Å². The Balaban J connectivity index is 2.27. The van der Waals surface area contributed by atoms with Crippen LogP contribution in [-0.4, -0.2) is 4.98 Å². The smallest absolute Gasteiger partial charge is 0.110 e. The maximum atomic E-state index is 5.92. The predicted molar refractivity (Wildman–Crippen MR) is 67.7 cm³/mol. The summed E-state index contributed by atoms with van der Waals surface area (Å²) in [6.45, 7) is 2.06. The van der Waals surface area contributed by atoms with E-state index in [4.69, 9.17) is 17.3 Å². The van der Waals surface area contributed by atoms with Crippen LogP contribution in [0.15, 0.2) is 17.5 Å². The molecule has 2 rings (SSSR count). The second-order valence-corrected chi connectivity index (χ2v) is 5.79. The summed E-state index contributed by atoms with van der Waals surface area (Å²) in [7, 11) is 0. The van der Waals surface area contributed by atoms with E-state index in [1.165, 1.54) is 0 Å². The fraction of sp³-hybridized carbons (Fsp3) is 0.300. The molecule has 1 atom stereocenters. The molecule has 0 aliphatic carbocycles. The van der Waals surface area contributed by atoms with Crippen molar-refractivity contribution in [1.29, 1.82) is 0 Å². The summed E-state index contributed by atoms with van der Waals surface area (Å²) >= 11 is 9.03. The monoisotopic (exact) mass is 258 g/mol. The van der Waals surface area contributed by atoms with Gasteiger partial charge >= 0.3 is 0 Å². The van der Waals surface area contributed by atoms with Crippen molar-refractivity contribution in [1.82, 2.24) is 4.98 Å². The molecular formula is C10H11ClN2S2. The van der Waals surface area contributed by atoms with E-state index in [0.29, 0.717) is 0 Å². The van der Waals surface area contributed by atoms with Crippen molar-refractivity contribution in [3.05, 3.63) is 26.9 Å². The number of halogens is 1. The summed E-state index contributed by atoms with van der Waals surface area (Å²) in [5.74, 6) is 0. The highest BCUT2D eigenvalue weighted by Crippen LogP contribution is 2.32. The first kappa shape index (κ1) is 11.1. The van der Waals surface area contributed by atoms with Crippen molar-refractivity contribution < 1.29 is 0 Å². The summed E-state index contributed by atoms with van der Waals surface area (Å²) in [6.07, 6.45) is 0.915. The van der Waals surface area contributed by atoms with Crippen molar-refractivity contribution in [3.63, 3.8) is 0 Å². The normalized spacial score (nSPS) is 13.0. The Morgan fingerprint density at radius 1 is 1.53 bits per heavy atom. The first-order valence-corrected chi connectivity index (χ1v) is 6.75. The van der Waals surface area contributed by atoms with Gasteiger partial charge in [0.2, 0.25) is 0 Å². The molecular weight excluding hydrogens is 248 g/mol. The summed E-state index contributed by atoms with van der Waals surface area (Å²) in [5, 5.41) is 3.03. The number of nitrogens with two attached hydrogens (primary N) is 1. The molecule has 0 saturated heterocycles. The molecule has 1 unspecified atom stereocenters. The predicted octanol–water partition coefficient (Wildman–Crippen LogP) is 3.93. The van der Waals surface area contributed by atoms with E-state index in [2.05, 4.69) is 11.9 Å². The molecule has 0 fully saturated rings. The van der Waals surface area contributed by atoms with Gasteiger partial charge in [0.25, 0.3) is 0 Å². The van der Waals surface area contributed by atoms with Gasteiger partial charge in [0.15, 0.2) is 0 Å². The third kappa shape index (κ3) is 2.39. The standard InChI is InChI=1S/C10H11ClN2S2/c1-2-6(12)10-13-7(5-14-10)8-3-4-9(11)15-8/h3-6H,2,12H2,1H3. The molecule has 80 valence electrons. The molecule has 2 aromatic rings. The molecule has 0 aliphatic rings. The van der Waals surface area contributed by atoms with Crippen molar-refractivity contribution >= 4 is 34.3 Å². The molecule has 0 aliphatic heterocycles. The minimum Gasteiger partial charge on any atom is -0.322 e. The Morgan fingerprint density at radius 2 is 2.33 bits per heavy atom. The van der Waals surface area contributed by atoms with Gasteiger partial charge in [0, 0.05) is 5.38 Å². The van der Waals surface area contributed by atoms with Gasteiger partial charge in [-0.05, 0) is 18.6 Å². The minimum absolute atomic E-state index is 0.0548. The van der Waals surface area contributed by atoms with E-state index in [-0.39, 0.29) is 6.04 Å². The molecule has 0 aromatic carbocycles. The maximum absolute atomic E-state index is 5.92. The Bertz CT molecular complexity index is 450. The number of hydrogen-bond acceptors (Lipinski definition) is 4. The van der Waals surface area contributed by atoms with Crippen molar-refractivity contribution in [2.45, 2.75) is 19.4 Å². The third-order valence-corrected chi connectivity index (χ3v) is 4.33. The van der Waals surface area contributed by atoms with Crippen molar-refractivity contribution in [3.8, 4) is 10.6 Å². The molecule has 5 heteroatoms. The maximum Gasteiger partial charge on any atom is 0.110 e. The zero-order valence-electron chi connectivity index (χ0n) is 8.24. The fourth-order valence-electron chi connectivity index (χ4n) is 1.20. The van der Waals surface area contributed by atoms with Crippen LogP contribution in [0.4, 0.5) is 0 Å². The largest absolute Gasteiger partial charge is 0.322 e. The Morgan fingerprint density at radius 3 is 2.93 bits per heavy atom. The molecule has 2 aromatic heterocycles. The topological polar surface area (TPSA) is 38.9 Å². The van der Waals surface area contributed by atoms with Crippen LogP contribution in [0.25, 0.3) is 10.6 Å². The quantitative estimate of drug-likeness (QED) is 0.906. The highest BCUT2D eigenvalue weighted by molar-refractivity contribution is 7.19. The lowest BCUT2D eigenvalue weighted by Crippen LogP contribution is -2.07. The van der Waals surface area contributed by atoms with Crippen LogP contribution in [0, 0.1) is 0 Å². The zero-order valence-corrected chi connectivity index (χ0v) is 10.6. The van der Waals surface area contributed by atoms with Crippen LogP contribution in [0.3, 0.4) is 0 Å². The molecule has 2 N–H and O–H groups in total. The first-order chi connectivity index (χ1) is 7.20. The van der Waals surface area contributed by atoms with Crippen LogP contribution in [0.5, 0.6) is 0 Å². The first-order valence-electron chi connectivity index (χ1n) is 4.67. The molecule has 2 heterocycles. The van der Waals surface area contributed by atoms with Crippen molar-refractivity contribution in [2.75, 3.05) is 0 Å². The second-order valence-electron chi connectivity index (χ2n) is 3.19. The zero-order chi connectivity index (χ0) is 10.8. The molecule has 0 bridgehead atoms. The number of rotatable bonds is 3. The third-order valence-electron chi connectivity index (χ3n) is 2.10. The molecule has 0 saturated carbocycles.